The summed E-state index contributed by atoms with van der Waals surface area (Å²) >= 11 is 2.66. The van der Waals surface area contributed by atoms with Crippen molar-refractivity contribution in [3.63, 3.8) is 0 Å². The van der Waals surface area contributed by atoms with Gasteiger partial charge in [0.15, 0.2) is 0 Å². The highest BCUT2D eigenvalue weighted by molar-refractivity contribution is 14.1. The van der Waals surface area contributed by atoms with Crippen LogP contribution in [-0.4, -0.2) is 3.42 Å². The Bertz CT molecular complexity index is 241. The van der Waals surface area contributed by atoms with E-state index >= 15 is 0 Å². The molecule has 0 N–H and O–H groups in total. The molecule has 1 unspecified atom stereocenters. The van der Waals surface area contributed by atoms with Crippen molar-refractivity contribution in [1.29, 1.82) is 0 Å². The molecule has 0 aromatic heterocycles. The number of alkyl halides is 1. The first-order valence-electron chi connectivity index (χ1n) is 7.83. The third kappa shape index (κ3) is 4.68. The van der Waals surface area contributed by atoms with Crippen molar-refractivity contribution >= 4 is 22.6 Å². The summed E-state index contributed by atoms with van der Waals surface area (Å²) in [5, 5.41) is 0. The van der Waals surface area contributed by atoms with Crippen molar-refractivity contribution in [3.8, 4) is 0 Å². The molecule has 0 nitrogen and oxygen atoms in total. The van der Waals surface area contributed by atoms with Crippen molar-refractivity contribution < 1.29 is 0 Å². The minimum atomic E-state index is 0.415. The van der Waals surface area contributed by atoms with Crippen LogP contribution in [0.1, 0.15) is 80.1 Å². The Morgan fingerprint density at radius 1 is 1.00 bits per heavy atom. The number of hydrogen-bond donors (Lipinski definition) is 0. The van der Waals surface area contributed by atoms with Crippen LogP contribution in [0.15, 0.2) is 0 Å². The summed E-state index contributed by atoms with van der Waals surface area (Å²) < 4.78 is 0.415. The average molecular weight is 364 g/mol. The number of rotatable bonds is 5. The Morgan fingerprint density at radius 2 is 1.50 bits per heavy atom. The first kappa shape index (κ1) is 16.8. The Labute approximate surface area is 129 Å². The zero-order chi connectivity index (χ0) is 14.0. The average Bonchev–Trinajstić information content (AvgIpc) is 2.25. The largest absolute Gasteiger partial charge is 0.0792 e. The topological polar surface area (TPSA) is 0 Å². The lowest BCUT2D eigenvalue weighted by Gasteiger charge is -2.43. The summed E-state index contributed by atoms with van der Waals surface area (Å²) in [6.07, 6.45) is 8.74. The molecule has 0 radical (unpaired) electrons. The Kier molecular flexibility index (Phi) is 6.02. The van der Waals surface area contributed by atoms with Crippen LogP contribution in [0.25, 0.3) is 0 Å². The monoisotopic (exact) mass is 364 g/mol. The lowest BCUT2D eigenvalue weighted by atomic mass is 9.64. The van der Waals surface area contributed by atoms with E-state index in [2.05, 4.69) is 64.1 Å². The third-order valence-corrected chi connectivity index (χ3v) is 5.94. The molecule has 1 fully saturated rings. The van der Waals surface area contributed by atoms with Gasteiger partial charge in [-0.15, -0.1) is 0 Å². The lowest BCUT2D eigenvalue weighted by molar-refractivity contribution is 0.0998. The summed E-state index contributed by atoms with van der Waals surface area (Å²) in [6, 6.07) is 0. The van der Waals surface area contributed by atoms with Crippen LogP contribution < -0.4 is 0 Å². The lowest BCUT2D eigenvalue weighted by Crippen LogP contribution is -2.36. The van der Waals surface area contributed by atoms with Crippen molar-refractivity contribution in [2.45, 2.75) is 83.5 Å². The second kappa shape index (κ2) is 6.45. The molecule has 1 aliphatic rings. The van der Waals surface area contributed by atoms with Crippen molar-refractivity contribution in [2.75, 3.05) is 0 Å². The van der Waals surface area contributed by atoms with Gasteiger partial charge in [0.1, 0.15) is 0 Å². The van der Waals surface area contributed by atoms with E-state index in [0.717, 1.165) is 17.8 Å². The van der Waals surface area contributed by atoms with Crippen molar-refractivity contribution in [2.24, 2.45) is 23.2 Å². The normalized spacial score (nSPS) is 21.3. The highest BCUT2D eigenvalue weighted by Crippen LogP contribution is 2.47. The highest BCUT2D eigenvalue weighted by Gasteiger charge is 2.38. The highest BCUT2D eigenvalue weighted by atomic mass is 127. The van der Waals surface area contributed by atoms with Crippen LogP contribution in [0.5, 0.6) is 0 Å². The van der Waals surface area contributed by atoms with E-state index in [4.69, 9.17) is 0 Å². The quantitative estimate of drug-likeness (QED) is 0.387. The van der Waals surface area contributed by atoms with Crippen LogP contribution >= 0.6 is 22.6 Å². The maximum atomic E-state index is 2.66. The molecule has 0 aromatic carbocycles. The first-order valence-corrected chi connectivity index (χ1v) is 8.91. The van der Waals surface area contributed by atoms with Crippen molar-refractivity contribution in [1.82, 2.24) is 0 Å². The first-order chi connectivity index (χ1) is 8.14. The van der Waals surface area contributed by atoms with Gasteiger partial charge in [0.2, 0.25) is 0 Å². The fourth-order valence-corrected chi connectivity index (χ4v) is 4.83. The second-order valence-corrected chi connectivity index (χ2v) is 10.7. The van der Waals surface area contributed by atoms with Crippen LogP contribution in [0, 0.1) is 23.2 Å². The van der Waals surface area contributed by atoms with Gasteiger partial charge in [-0.05, 0) is 42.4 Å². The van der Waals surface area contributed by atoms with Gasteiger partial charge in [0.25, 0.3) is 0 Å². The second-order valence-electron chi connectivity index (χ2n) is 7.94. The molecule has 18 heavy (non-hydrogen) atoms. The van der Waals surface area contributed by atoms with Gasteiger partial charge >= 0.3 is 0 Å². The minimum Gasteiger partial charge on any atom is -0.0792 e. The van der Waals surface area contributed by atoms with Gasteiger partial charge in [0, 0.05) is 3.42 Å². The summed E-state index contributed by atoms with van der Waals surface area (Å²) in [7, 11) is 0. The number of hydrogen-bond acceptors (Lipinski definition) is 0. The van der Waals surface area contributed by atoms with Gasteiger partial charge < -0.3 is 0 Å². The molecule has 0 aliphatic heterocycles. The van der Waals surface area contributed by atoms with Crippen LogP contribution in [0.3, 0.4) is 0 Å². The summed E-state index contributed by atoms with van der Waals surface area (Å²) in [4.78, 5) is 0. The van der Waals surface area contributed by atoms with E-state index in [1.807, 2.05) is 0 Å². The minimum absolute atomic E-state index is 0.415. The molecule has 1 saturated carbocycles. The van der Waals surface area contributed by atoms with Gasteiger partial charge in [-0.25, -0.2) is 0 Å². The fourth-order valence-electron chi connectivity index (χ4n) is 3.89. The van der Waals surface area contributed by atoms with Crippen molar-refractivity contribution in [3.05, 3.63) is 0 Å². The zero-order valence-electron chi connectivity index (χ0n) is 13.4. The third-order valence-electron chi connectivity index (χ3n) is 5.14. The molecular weight excluding hydrogens is 331 g/mol. The van der Waals surface area contributed by atoms with Gasteiger partial charge in [-0.1, -0.05) is 83.4 Å². The summed E-state index contributed by atoms with van der Waals surface area (Å²) in [5.74, 6) is 2.58. The molecular formula is C17H33I. The van der Waals surface area contributed by atoms with E-state index in [1.54, 1.807) is 0 Å². The number of halogens is 1. The molecule has 1 heteroatoms. The summed E-state index contributed by atoms with van der Waals surface area (Å²) in [5.41, 5.74) is 0.526. The van der Waals surface area contributed by atoms with Crippen LogP contribution in [0.4, 0.5) is 0 Å². The molecule has 1 rings (SSSR count). The molecule has 1 atom stereocenters. The maximum absolute atomic E-state index is 2.66. The molecule has 0 aromatic rings. The van der Waals surface area contributed by atoms with E-state index in [0.29, 0.717) is 8.84 Å². The van der Waals surface area contributed by atoms with Crippen LogP contribution in [-0.2, 0) is 0 Å². The van der Waals surface area contributed by atoms with Gasteiger partial charge in [0.05, 0.1) is 0 Å². The zero-order valence-corrected chi connectivity index (χ0v) is 15.5. The van der Waals surface area contributed by atoms with E-state index in [1.165, 1.54) is 38.5 Å². The van der Waals surface area contributed by atoms with E-state index in [-0.39, 0.29) is 0 Å². The Balaban J connectivity index is 2.72. The molecule has 0 saturated heterocycles. The Hall–Kier alpha value is 0.730. The van der Waals surface area contributed by atoms with Gasteiger partial charge in [-0.2, -0.15) is 0 Å². The Morgan fingerprint density at radius 3 is 1.89 bits per heavy atom. The predicted molar refractivity (Wildman–Crippen MR) is 91.4 cm³/mol. The smallest absolute Gasteiger partial charge is 0.0196 e. The summed E-state index contributed by atoms with van der Waals surface area (Å²) in [6.45, 7) is 14.7. The van der Waals surface area contributed by atoms with E-state index < -0.39 is 0 Å². The molecule has 0 heterocycles. The SMILES string of the molecule is CC(C)C(CC(C)(C)C1CCCCC1)C(C)(C)I. The molecule has 1 aliphatic carbocycles. The predicted octanol–water partition coefficient (Wildman–Crippen LogP) is 6.47. The van der Waals surface area contributed by atoms with Crippen LogP contribution in [0.2, 0.25) is 0 Å². The molecule has 108 valence electrons. The van der Waals surface area contributed by atoms with Gasteiger partial charge in [-0.3, -0.25) is 0 Å². The molecule has 0 bridgehead atoms. The standard InChI is InChI=1S/C17H33I/c1-13(2)15(17(5,6)18)12-16(3,4)14-10-8-7-9-11-14/h13-15H,7-12H2,1-6H3. The molecule has 0 spiro atoms. The fraction of sp³-hybridized carbons (Fsp3) is 1.00. The maximum Gasteiger partial charge on any atom is 0.0196 e. The molecule has 0 amide bonds. The van der Waals surface area contributed by atoms with E-state index in [9.17, 15) is 0 Å².